The van der Waals surface area contributed by atoms with Gasteiger partial charge in [0.2, 0.25) is 0 Å². The van der Waals surface area contributed by atoms with Gasteiger partial charge >= 0.3 is 5.97 Å². The van der Waals surface area contributed by atoms with Gasteiger partial charge in [0, 0.05) is 13.1 Å². The first-order valence-corrected chi connectivity index (χ1v) is 5.55. The van der Waals surface area contributed by atoms with Gasteiger partial charge in [-0.2, -0.15) is 0 Å². The molecule has 82 valence electrons. The van der Waals surface area contributed by atoms with Gasteiger partial charge in [0.1, 0.15) is 0 Å². The van der Waals surface area contributed by atoms with Crippen molar-refractivity contribution < 1.29 is 9.90 Å². The Kier molecular flexibility index (Phi) is 4.11. The van der Waals surface area contributed by atoms with Crippen molar-refractivity contribution in [2.75, 3.05) is 18.0 Å². The quantitative estimate of drug-likeness (QED) is 0.811. The second-order valence-corrected chi connectivity index (χ2v) is 4.08. The standard InChI is InChI=1S/C9H11ClN2O2S/c1-3-5-12(4-2)9-11-7(10)6(15-9)8(13)14/h3H,1,4-5H2,2H3,(H,13,14). The van der Waals surface area contributed by atoms with E-state index < -0.39 is 5.97 Å². The fraction of sp³-hybridized carbons (Fsp3) is 0.333. The van der Waals surface area contributed by atoms with Crippen molar-refractivity contribution in [1.29, 1.82) is 0 Å². The Balaban J connectivity index is 2.99. The predicted octanol–water partition coefficient (Wildman–Crippen LogP) is 2.51. The molecule has 0 amide bonds. The number of aromatic nitrogens is 1. The Morgan fingerprint density at radius 1 is 1.80 bits per heavy atom. The molecule has 0 aliphatic carbocycles. The molecule has 1 rings (SSSR count). The van der Waals surface area contributed by atoms with E-state index in [0.29, 0.717) is 11.7 Å². The minimum Gasteiger partial charge on any atom is -0.477 e. The van der Waals surface area contributed by atoms with Gasteiger partial charge in [0.25, 0.3) is 0 Å². The average Bonchev–Trinajstić information content (AvgIpc) is 2.56. The van der Waals surface area contributed by atoms with Gasteiger partial charge in [0.05, 0.1) is 0 Å². The molecule has 1 aromatic heterocycles. The molecular formula is C9H11ClN2O2S. The second-order valence-electron chi connectivity index (χ2n) is 2.75. The number of nitrogens with zero attached hydrogens (tertiary/aromatic N) is 2. The summed E-state index contributed by atoms with van der Waals surface area (Å²) in [7, 11) is 0. The first-order chi connectivity index (χ1) is 7.10. The molecule has 0 radical (unpaired) electrons. The van der Waals surface area contributed by atoms with E-state index >= 15 is 0 Å². The lowest BCUT2D eigenvalue weighted by molar-refractivity contribution is 0.0702. The molecular weight excluding hydrogens is 236 g/mol. The van der Waals surface area contributed by atoms with Crippen molar-refractivity contribution in [2.24, 2.45) is 0 Å². The molecule has 0 aromatic carbocycles. The lowest BCUT2D eigenvalue weighted by atomic mass is 10.5. The van der Waals surface area contributed by atoms with Gasteiger partial charge in [-0.05, 0) is 6.92 Å². The number of likely N-dealkylation sites (N-methyl/N-ethyl adjacent to an activating group) is 1. The van der Waals surface area contributed by atoms with Crippen molar-refractivity contribution in [3.8, 4) is 0 Å². The summed E-state index contributed by atoms with van der Waals surface area (Å²) in [6.45, 7) is 6.94. The summed E-state index contributed by atoms with van der Waals surface area (Å²) < 4.78 is 0. The number of rotatable bonds is 5. The molecule has 0 atom stereocenters. The van der Waals surface area contributed by atoms with Crippen LogP contribution in [0.1, 0.15) is 16.6 Å². The number of hydrogen-bond acceptors (Lipinski definition) is 4. The summed E-state index contributed by atoms with van der Waals surface area (Å²) in [4.78, 5) is 16.7. The molecule has 0 fully saturated rings. The molecule has 0 aliphatic rings. The maximum atomic E-state index is 10.8. The SMILES string of the molecule is C=CCN(CC)c1nc(Cl)c(C(=O)O)s1. The van der Waals surface area contributed by atoms with Crippen LogP contribution in [-0.2, 0) is 0 Å². The number of carbonyl (C=O) groups is 1. The van der Waals surface area contributed by atoms with Crippen molar-refractivity contribution >= 4 is 34.0 Å². The van der Waals surface area contributed by atoms with Crippen LogP contribution in [0, 0.1) is 0 Å². The third kappa shape index (κ3) is 2.70. The zero-order valence-corrected chi connectivity index (χ0v) is 9.81. The van der Waals surface area contributed by atoms with E-state index in [1.54, 1.807) is 6.08 Å². The molecule has 1 N–H and O–H groups in total. The van der Waals surface area contributed by atoms with E-state index in [1.807, 2.05) is 11.8 Å². The van der Waals surface area contributed by atoms with Crippen LogP contribution in [0.25, 0.3) is 0 Å². The lowest BCUT2D eigenvalue weighted by Crippen LogP contribution is -2.22. The zero-order chi connectivity index (χ0) is 11.4. The van der Waals surface area contributed by atoms with Gasteiger partial charge in [-0.25, -0.2) is 9.78 Å². The largest absolute Gasteiger partial charge is 0.477 e. The van der Waals surface area contributed by atoms with Gasteiger partial charge < -0.3 is 10.0 Å². The number of carboxylic acid groups (broad SMARTS) is 1. The van der Waals surface area contributed by atoms with E-state index in [1.165, 1.54) is 0 Å². The van der Waals surface area contributed by atoms with E-state index in [4.69, 9.17) is 16.7 Å². The van der Waals surface area contributed by atoms with E-state index in [9.17, 15) is 4.79 Å². The summed E-state index contributed by atoms with van der Waals surface area (Å²) in [6, 6.07) is 0. The summed E-state index contributed by atoms with van der Waals surface area (Å²) >= 11 is 6.78. The third-order valence-electron chi connectivity index (χ3n) is 1.77. The molecule has 0 aliphatic heterocycles. The molecule has 0 bridgehead atoms. The van der Waals surface area contributed by atoms with E-state index in [2.05, 4.69) is 11.6 Å². The predicted molar refractivity (Wildman–Crippen MR) is 62.2 cm³/mol. The first-order valence-electron chi connectivity index (χ1n) is 4.35. The maximum Gasteiger partial charge on any atom is 0.349 e. The average molecular weight is 247 g/mol. The van der Waals surface area contributed by atoms with E-state index in [0.717, 1.165) is 17.9 Å². The Morgan fingerprint density at radius 3 is 2.87 bits per heavy atom. The van der Waals surface area contributed by atoms with Crippen molar-refractivity contribution in [1.82, 2.24) is 4.98 Å². The van der Waals surface area contributed by atoms with E-state index in [-0.39, 0.29) is 10.0 Å². The summed E-state index contributed by atoms with van der Waals surface area (Å²) in [5.41, 5.74) is 0. The lowest BCUT2D eigenvalue weighted by Gasteiger charge is -2.16. The monoisotopic (exact) mass is 246 g/mol. The number of carboxylic acids is 1. The van der Waals surface area contributed by atoms with Gasteiger partial charge in [-0.15, -0.1) is 6.58 Å². The molecule has 0 saturated carbocycles. The molecule has 0 saturated heterocycles. The zero-order valence-electron chi connectivity index (χ0n) is 8.23. The summed E-state index contributed by atoms with van der Waals surface area (Å²) in [6.07, 6.45) is 1.74. The van der Waals surface area contributed by atoms with Crippen LogP contribution in [0.3, 0.4) is 0 Å². The van der Waals surface area contributed by atoms with Gasteiger partial charge in [-0.3, -0.25) is 0 Å². The molecule has 4 nitrogen and oxygen atoms in total. The van der Waals surface area contributed by atoms with Crippen LogP contribution in [0.5, 0.6) is 0 Å². The van der Waals surface area contributed by atoms with Crippen LogP contribution in [0.15, 0.2) is 12.7 Å². The highest BCUT2D eigenvalue weighted by molar-refractivity contribution is 7.18. The highest BCUT2D eigenvalue weighted by Gasteiger charge is 2.18. The fourth-order valence-corrected chi connectivity index (χ4v) is 2.25. The number of thiazole rings is 1. The number of aromatic carboxylic acids is 1. The summed E-state index contributed by atoms with van der Waals surface area (Å²) in [5, 5.41) is 9.47. The number of hydrogen-bond donors (Lipinski definition) is 1. The van der Waals surface area contributed by atoms with Crippen LogP contribution in [-0.4, -0.2) is 29.1 Å². The van der Waals surface area contributed by atoms with Crippen LogP contribution in [0.4, 0.5) is 5.13 Å². The van der Waals surface area contributed by atoms with Crippen molar-refractivity contribution in [3.63, 3.8) is 0 Å². The molecule has 0 spiro atoms. The maximum absolute atomic E-state index is 10.8. The minimum absolute atomic E-state index is 0.0463. The van der Waals surface area contributed by atoms with Crippen LogP contribution < -0.4 is 4.90 Å². The highest BCUT2D eigenvalue weighted by atomic mass is 35.5. The Morgan fingerprint density at radius 2 is 2.47 bits per heavy atom. The third-order valence-corrected chi connectivity index (χ3v) is 3.26. The smallest absolute Gasteiger partial charge is 0.349 e. The number of halogens is 1. The molecule has 1 aromatic rings. The molecule has 15 heavy (non-hydrogen) atoms. The first kappa shape index (κ1) is 12.0. The van der Waals surface area contributed by atoms with Gasteiger partial charge in [-0.1, -0.05) is 29.0 Å². The number of anilines is 1. The van der Waals surface area contributed by atoms with Gasteiger partial charge in [0.15, 0.2) is 15.2 Å². The molecule has 1 heterocycles. The summed E-state index contributed by atoms with van der Waals surface area (Å²) in [5.74, 6) is -1.04. The normalized spacial score (nSPS) is 10.0. The highest BCUT2D eigenvalue weighted by Crippen LogP contribution is 2.29. The van der Waals surface area contributed by atoms with Crippen molar-refractivity contribution in [3.05, 3.63) is 22.7 Å². The topological polar surface area (TPSA) is 53.4 Å². The second kappa shape index (κ2) is 5.14. The van der Waals surface area contributed by atoms with Crippen LogP contribution >= 0.6 is 22.9 Å². The minimum atomic E-state index is -1.04. The molecule has 6 heteroatoms. The molecule has 0 unspecified atom stereocenters. The Hall–Kier alpha value is -1.07. The van der Waals surface area contributed by atoms with Crippen LogP contribution in [0.2, 0.25) is 5.15 Å². The fourth-order valence-electron chi connectivity index (χ4n) is 1.06. The Labute approximate surface area is 96.8 Å². The Bertz CT molecular complexity index is 378. The van der Waals surface area contributed by atoms with Crippen molar-refractivity contribution in [2.45, 2.75) is 6.92 Å².